The molecule has 0 aliphatic rings. The molecular weight excluding hydrogens is 274 g/mol. The second-order valence-electron chi connectivity index (χ2n) is 3.95. The third-order valence-corrected chi connectivity index (χ3v) is 3.81. The number of hydrogen-bond donors (Lipinski definition) is 0. The van der Waals surface area contributed by atoms with Crippen LogP contribution in [0.2, 0.25) is 0 Å². The zero-order chi connectivity index (χ0) is 14.4. The Hall–Kier alpha value is -2.01. The van der Waals surface area contributed by atoms with Crippen LogP contribution in [-0.4, -0.2) is 6.61 Å². The lowest BCUT2D eigenvalue weighted by atomic mass is 10.2. The van der Waals surface area contributed by atoms with Crippen molar-refractivity contribution in [2.45, 2.75) is 6.92 Å². The van der Waals surface area contributed by atoms with Crippen LogP contribution in [0.4, 0.5) is 4.39 Å². The van der Waals surface area contributed by atoms with Gasteiger partial charge in [0, 0.05) is 5.56 Å². The molecule has 0 aliphatic heterocycles. The van der Waals surface area contributed by atoms with Crippen LogP contribution in [0, 0.1) is 17.7 Å². The van der Waals surface area contributed by atoms with Crippen LogP contribution < -0.4 is 5.30 Å². The van der Waals surface area contributed by atoms with E-state index in [9.17, 15) is 8.96 Å². The van der Waals surface area contributed by atoms with Gasteiger partial charge in [-0.2, -0.15) is 0 Å². The number of halogens is 1. The van der Waals surface area contributed by atoms with Gasteiger partial charge in [-0.25, -0.2) is 4.39 Å². The van der Waals surface area contributed by atoms with Crippen molar-refractivity contribution in [3.8, 4) is 11.8 Å². The van der Waals surface area contributed by atoms with Crippen LogP contribution in [0.5, 0.6) is 0 Å². The van der Waals surface area contributed by atoms with Crippen molar-refractivity contribution in [1.29, 1.82) is 0 Å². The first kappa shape index (κ1) is 14.4. The highest BCUT2D eigenvalue weighted by atomic mass is 31.1. The number of hydrogen-bond acceptors (Lipinski definition) is 2. The summed E-state index contributed by atoms with van der Waals surface area (Å²) >= 11 is 0. The minimum Gasteiger partial charge on any atom is -0.207 e. The molecule has 100 valence electrons. The summed E-state index contributed by atoms with van der Waals surface area (Å²) in [6.07, 6.45) is 0. The Morgan fingerprint density at radius 3 is 2.50 bits per heavy atom. The van der Waals surface area contributed by atoms with E-state index in [-0.39, 0.29) is 5.82 Å². The Kier molecular flexibility index (Phi) is 5.01. The minimum absolute atomic E-state index is 0.296. The van der Waals surface area contributed by atoms with Gasteiger partial charge in [0.05, 0.1) is 5.56 Å². The molecule has 2 rings (SSSR count). The molecule has 0 aliphatic carbocycles. The average Bonchev–Trinajstić information content (AvgIpc) is 2.47. The smallest absolute Gasteiger partial charge is 0.207 e. The number of benzene rings is 2. The van der Waals surface area contributed by atoms with E-state index >= 15 is 0 Å². The van der Waals surface area contributed by atoms with Crippen LogP contribution in [0.25, 0.3) is 0 Å². The molecule has 0 bridgehead atoms. The summed E-state index contributed by atoms with van der Waals surface area (Å²) in [7, 11) is -1.89. The Balaban J connectivity index is 2.30. The van der Waals surface area contributed by atoms with Gasteiger partial charge in [0.1, 0.15) is 12.4 Å². The molecule has 0 aromatic heterocycles. The normalized spacial score (nSPS) is 10.6. The summed E-state index contributed by atoms with van der Waals surface area (Å²) in [6.45, 7) is 2.18. The van der Waals surface area contributed by atoms with Gasteiger partial charge in [-0.05, 0) is 47.9 Å². The highest BCUT2D eigenvalue weighted by Gasteiger charge is 2.24. The van der Waals surface area contributed by atoms with Gasteiger partial charge in [-0.1, -0.05) is 24.0 Å². The molecule has 2 aromatic rings. The van der Waals surface area contributed by atoms with E-state index in [1.807, 2.05) is 6.07 Å². The highest BCUT2D eigenvalue weighted by Crippen LogP contribution is 2.22. The minimum atomic E-state index is -1.89. The SMILES string of the molecule is CCO[P+](=O)c1ccccc1C#Cc1ccc(F)cc1. The first-order chi connectivity index (χ1) is 9.70. The maximum absolute atomic E-state index is 12.8. The summed E-state index contributed by atoms with van der Waals surface area (Å²) in [5.41, 5.74) is 1.36. The van der Waals surface area contributed by atoms with Crippen molar-refractivity contribution in [2.24, 2.45) is 0 Å². The molecule has 0 radical (unpaired) electrons. The van der Waals surface area contributed by atoms with Gasteiger partial charge >= 0.3 is 8.03 Å². The highest BCUT2D eigenvalue weighted by molar-refractivity contribution is 7.48. The molecule has 1 atom stereocenters. The Bertz CT molecular complexity index is 669. The van der Waals surface area contributed by atoms with Crippen molar-refractivity contribution in [2.75, 3.05) is 6.61 Å². The lowest BCUT2D eigenvalue weighted by Gasteiger charge is -1.92. The van der Waals surface area contributed by atoms with Crippen LogP contribution in [0.15, 0.2) is 48.5 Å². The van der Waals surface area contributed by atoms with E-state index in [1.54, 1.807) is 37.3 Å². The summed E-state index contributed by atoms with van der Waals surface area (Å²) in [5, 5.41) is 0.582. The zero-order valence-corrected chi connectivity index (χ0v) is 11.9. The van der Waals surface area contributed by atoms with Crippen molar-refractivity contribution < 1.29 is 13.5 Å². The van der Waals surface area contributed by atoms with Crippen molar-refractivity contribution >= 4 is 13.3 Å². The molecule has 0 fully saturated rings. The molecule has 20 heavy (non-hydrogen) atoms. The topological polar surface area (TPSA) is 26.3 Å². The fraction of sp³-hybridized carbons (Fsp3) is 0.125. The van der Waals surface area contributed by atoms with Crippen molar-refractivity contribution in [1.82, 2.24) is 0 Å². The molecule has 2 aromatic carbocycles. The fourth-order valence-corrected chi connectivity index (χ4v) is 2.51. The summed E-state index contributed by atoms with van der Waals surface area (Å²) < 4.78 is 29.9. The monoisotopic (exact) mass is 287 g/mol. The zero-order valence-electron chi connectivity index (χ0n) is 11.0. The van der Waals surface area contributed by atoms with Crippen LogP contribution in [0.1, 0.15) is 18.1 Å². The summed E-state index contributed by atoms with van der Waals surface area (Å²) in [6, 6.07) is 13.1. The van der Waals surface area contributed by atoms with E-state index in [2.05, 4.69) is 11.8 Å². The van der Waals surface area contributed by atoms with Crippen molar-refractivity contribution in [3.05, 3.63) is 65.5 Å². The van der Waals surface area contributed by atoms with Crippen LogP contribution >= 0.6 is 8.03 Å². The maximum Gasteiger partial charge on any atom is 0.550 e. The van der Waals surface area contributed by atoms with E-state index in [1.165, 1.54) is 12.1 Å². The lowest BCUT2D eigenvalue weighted by molar-refractivity contribution is 0.357. The molecule has 0 saturated carbocycles. The Morgan fingerprint density at radius 1 is 1.10 bits per heavy atom. The first-order valence-corrected chi connectivity index (χ1v) is 7.35. The van der Waals surface area contributed by atoms with Gasteiger partial charge < -0.3 is 0 Å². The standard InChI is InChI=1S/C16H13FO2P/c1-2-19-20(18)16-6-4-3-5-14(16)10-7-13-8-11-15(17)12-9-13/h3-6,8-9,11-12H,2H2,1H3/q+1. The summed E-state index contributed by atoms with van der Waals surface area (Å²) in [4.78, 5) is 0. The van der Waals surface area contributed by atoms with E-state index in [0.29, 0.717) is 23.0 Å². The molecule has 0 N–H and O–H groups in total. The third kappa shape index (κ3) is 3.74. The average molecular weight is 287 g/mol. The van der Waals surface area contributed by atoms with E-state index in [4.69, 9.17) is 4.52 Å². The predicted molar refractivity (Wildman–Crippen MR) is 77.7 cm³/mol. The predicted octanol–water partition coefficient (Wildman–Crippen LogP) is 3.63. The molecule has 0 saturated heterocycles. The van der Waals surface area contributed by atoms with Gasteiger partial charge in [0.15, 0.2) is 0 Å². The molecule has 0 spiro atoms. The maximum atomic E-state index is 12.8. The van der Waals surface area contributed by atoms with E-state index < -0.39 is 8.03 Å². The van der Waals surface area contributed by atoms with Gasteiger partial charge in [0.2, 0.25) is 5.30 Å². The largest absolute Gasteiger partial charge is 0.550 e. The number of rotatable bonds is 3. The molecule has 2 nitrogen and oxygen atoms in total. The lowest BCUT2D eigenvalue weighted by Crippen LogP contribution is -2.03. The fourth-order valence-electron chi connectivity index (χ4n) is 1.60. The summed E-state index contributed by atoms with van der Waals surface area (Å²) in [5.74, 6) is 5.58. The van der Waals surface area contributed by atoms with Gasteiger partial charge in [-0.15, -0.1) is 4.52 Å². The quantitative estimate of drug-likeness (QED) is 0.636. The Morgan fingerprint density at radius 2 is 1.80 bits per heavy atom. The molecular formula is C16H13FO2P+. The van der Waals surface area contributed by atoms with Gasteiger partial charge in [0.25, 0.3) is 0 Å². The second-order valence-corrected chi connectivity index (χ2v) is 5.20. The van der Waals surface area contributed by atoms with Crippen molar-refractivity contribution in [3.63, 3.8) is 0 Å². The molecule has 1 unspecified atom stereocenters. The third-order valence-electron chi connectivity index (χ3n) is 2.53. The first-order valence-electron chi connectivity index (χ1n) is 6.17. The molecule has 0 amide bonds. The molecule has 4 heteroatoms. The second kappa shape index (κ2) is 6.96. The van der Waals surface area contributed by atoms with E-state index in [0.717, 1.165) is 0 Å². The van der Waals surface area contributed by atoms with Crippen LogP contribution in [0.3, 0.4) is 0 Å². The Labute approximate surface area is 118 Å². The van der Waals surface area contributed by atoms with Crippen LogP contribution in [-0.2, 0) is 9.09 Å². The molecule has 0 heterocycles. The van der Waals surface area contributed by atoms with Gasteiger partial charge in [-0.3, -0.25) is 0 Å².